The Morgan fingerprint density at radius 3 is 2.87 bits per heavy atom. The summed E-state index contributed by atoms with van der Waals surface area (Å²) in [5.74, 6) is -0.188. The molecule has 0 spiro atoms. The molecule has 23 heavy (non-hydrogen) atoms. The van der Waals surface area contributed by atoms with Crippen molar-refractivity contribution >= 4 is 11.7 Å². The highest BCUT2D eigenvalue weighted by Gasteiger charge is 2.51. The van der Waals surface area contributed by atoms with Crippen molar-refractivity contribution in [3.8, 4) is 0 Å². The van der Waals surface area contributed by atoms with E-state index in [0.717, 1.165) is 50.7 Å². The van der Waals surface area contributed by atoms with Crippen LogP contribution in [0.15, 0.2) is 5.16 Å². The summed E-state index contributed by atoms with van der Waals surface area (Å²) in [5, 5.41) is 32.7. The number of oxime groups is 1. The maximum absolute atomic E-state index is 10.4. The van der Waals surface area contributed by atoms with Gasteiger partial charge >= 0.3 is 5.97 Å². The second-order valence-electron chi connectivity index (χ2n) is 6.92. The molecule has 2 aliphatic carbocycles. The second-order valence-corrected chi connectivity index (χ2v) is 6.92. The number of carbonyl (C=O) groups is 1. The Kier molecular flexibility index (Phi) is 6.84. The average molecular weight is 327 g/mol. The summed E-state index contributed by atoms with van der Waals surface area (Å²) >= 11 is 0. The van der Waals surface area contributed by atoms with Crippen molar-refractivity contribution in [3.05, 3.63) is 0 Å². The molecule has 0 radical (unpaired) electrons. The summed E-state index contributed by atoms with van der Waals surface area (Å²) in [5.41, 5.74) is 0.876. The van der Waals surface area contributed by atoms with Crippen LogP contribution >= 0.6 is 0 Å². The number of carboxylic acids is 1. The van der Waals surface area contributed by atoms with Gasteiger partial charge in [0.2, 0.25) is 6.61 Å². The van der Waals surface area contributed by atoms with E-state index in [0.29, 0.717) is 12.3 Å². The Balaban J connectivity index is 1.73. The third-order valence-electron chi connectivity index (χ3n) is 5.27. The van der Waals surface area contributed by atoms with Crippen molar-refractivity contribution < 1.29 is 25.0 Å². The molecule has 2 aliphatic rings. The quantitative estimate of drug-likeness (QED) is 0.422. The fourth-order valence-corrected chi connectivity index (χ4v) is 3.94. The fourth-order valence-electron chi connectivity index (χ4n) is 3.94. The smallest absolute Gasteiger partial charge is 0.344 e. The fraction of sp³-hybridized carbons (Fsp3) is 0.882. The van der Waals surface area contributed by atoms with Crippen molar-refractivity contribution in [2.24, 2.45) is 22.9 Å². The molecule has 6 heteroatoms. The van der Waals surface area contributed by atoms with Crippen LogP contribution < -0.4 is 0 Å². The van der Waals surface area contributed by atoms with E-state index in [4.69, 9.17) is 9.94 Å². The summed E-state index contributed by atoms with van der Waals surface area (Å²) in [6.07, 6.45) is 6.66. The molecule has 0 aromatic rings. The van der Waals surface area contributed by atoms with Crippen molar-refractivity contribution in [1.82, 2.24) is 0 Å². The van der Waals surface area contributed by atoms with E-state index in [9.17, 15) is 15.0 Å². The number of rotatable bonds is 10. The molecule has 2 rings (SSSR count). The Hall–Kier alpha value is -1.14. The second kappa shape index (κ2) is 8.64. The van der Waals surface area contributed by atoms with E-state index in [2.05, 4.69) is 12.1 Å². The van der Waals surface area contributed by atoms with Gasteiger partial charge < -0.3 is 20.2 Å². The lowest BCUT2D eigenvalue weighted by atomic mass is 9.70. The number of aliphatic hydroxyl groups is 2. The maximum atomic E-state index is 10.4. The van der Waals surface area contributed by atoms with E-state index >= 15 is 0 Å². The predicted molar refractivity (Wildman–Crippen MR) is 86.1 cm³/mol. The van der Waals surface area contributed by atoms with Crippen molar-refractivity contribution in [2.45, 2.75) is 70.5 Å². The summed E-state index contributed by atoms with van der Waals surface area (Å²) in [4.78, 5) is 15.2. The third kappa shape index (κ3) is 4.91. The van der Waals surface area contributed by atoms with Gasteiger partial charge in [0.05, 0.1) is 17.9 Å². The van der Waals surface area contributed by atoms with Gasteiger partial charge in [0, 0.05) is 5.92 Å². The highest BCUT2D eigenvalue weighted by Crippen LogP contribution is 2.50. The zero-order chi connectivity index (χ0) is 16.8. The van der Waals surface area contributed by atoms with Crippen LogP contribution in [0.3, 0.4) is 0 Å². The highest BCUT2D eigenvalue weighted by atomic mass is 16.6. The van der Waals surface area contributed by atoms with Crippen LogP contribution in [0.5, 0.6) is 0 Å². The Labute approximate surface area is 137 Å². The molecule has 0 amide bonds. The van der Waals surface area contributed by atoms with Crippen LogP contribution in [0.2, 0.25) is 0 Å². The van der Waals surface area contributed by atoms with Crippen LogP contribution in [-0.4, -0.2) is 45.8 Å². The van der Waals surface area contributed by atoms with E-state index in [1.807, 2.05) is 0 Å². The minimum Gasteiger partial charge on any atom is -0.479 e. The van der Waals surface area contributed by atoms with Crippen LogP contribution in [0.1, 0.15) is 58.3 Å². The van der Waals surface area contributed by atoms with Crippen molar-refractivity contribution in [3.63, 3.8) is 0 Å². The summed E-state index contributed by atoms with van der Waals surface area (Å²) in [7, 11) is 0. The van der Waals surface area contributed by atoms with Crippen LogP contribution in [0.25, 0.3) is 0 Å². The zero-order valence-electron chi connectivity index (χ0n) is 13.9. The van der Waals surface area contributed by atoms with Gasteiger partial charge in [0.1, 0.15) is 0 Å². The predicted octanol–water partition coefficient (Wildman–Crippen LogP) is 2.18. The third-order valence-corrected chi connectivity index (χ3v) is 5.27. The van der Waals surface area contributed by atoms with Crippen molar-refractivity contribution in [1.29, 1.82) is 0 Å². The number of hydrogen-bond donors (Lipinski definition) is 3. The zero-order valence-corrected chi connectivity index (χ0v) is 13.9. The Morgan fingerprint density at radius 2 is 2.17 bits per heavy atom. The van der Waals surface area contributed by atoms with Gasteiger partial charge in [-0.15, -0.1) is 0 Å². The monoisotopic (exact) mass is 327 g/mol. The molecule has 6 nitrogen and oxygen atoms in total. The van der Waals surface area contributed by atoms with E-state index in [-0.39, 0.29) is 24.0 Å². The lowest BCUT2D eigenvalue weighted by Crippen LogP contribution is -2.37. The van der Waals surface area contributed by atoms with Gasteiger partial charge in [-0.05, 0) is 43.9 Å². The molecule has 3 N–H and O–H groups in total. The van der Waals surface area contributed by atoms with E-state index in [1.165, 1.54) is 0 Å². The van der Waals surface area contributed by atoms with Gasteiger partial charge in [-0.25, -0.2) is 4.79 Å². The number of carboxylic acid groups (broad SMARTS) is 1. The van der Waals surface area contributed by atoms with Crippen molar-refractivity contribution in [2.75, 3.05) is 6.61 Å². The maximum Gasteiger partial charge on any atom is 0.344 e. The number of fused-ring (bicyclic) bond motifs is 1. The summed E-state index contributed by atoms with van der Waals surface area (Å²) < 4.78 is 0. The molecule has 2 fully saturated rings. The number of aliphatic hydroxyl groups excluding tert-OH is 2. The Morgan fingerprint density at radius 1 is 1.39 bits per heavy atom. The topological polar surface area (TPSA) is 99.4 Å². The van der Waals surface area contributed by atoms with E-state index < -0.39 is 12.6 Å². The van der Waals surface area contributed by atoms with Gasteiger partial charge in [-0.3, -0.25) is 0 Å². The van der Waals surface area contributed by atoms with E-state index in [1.54, 1.807) is 0 Å². The number of hydrogen-bond acceptors (Lipinski definition) is 5. The minimum atomic E-state index is -1.04. The number of unbranched alkanes of at least 4 members (excludes halogenated alkanes) is 2. The first-order chi connectivity index (χ1) is 11.0. The average Bonchev–Trinajstić information content (AvgIpc) is 2.73. The number of aliphatic carboxylic acids is 1. The normalized spacial score (nSPS) is 32.4. The van der Waals surface area contributed by atoms with Crippen LogP contribution in [-0.2, 0) is 9.63 Å². The van der Waals surface area contributed by atoms with Gasteiger partial charge in [-0.2, -0.15) is 0 Å². The Bertz CT molecular complexity index is 425. The first kappa shape index (κ1) is 18.2. The summed E-state index contributed by atoms with van der Waals surface area (Å²) in [6.45, 7) is 1.73. The van der Waals surface area contributed by atoms with Crippen LogP contribution in [0.4, 0.5) is 0 Å². The molecule has 0 saturated heterocycles. The van der Waals surface area contributed by atoms with Gasteiger partial charge in [0.15, 0.2) is 0 Å². The molecule has 5 unspecified atom stereocenters. The molecule has 0 heterocycles. The molecule has 132 valence electrons. The first-order valence-corrected chi connectivity index (χ1v) is 8.79. The SMILES string of the molecule is CCCCCC(O)CCC1C(O)CC2/C(=N\OCC(=O)O)CC21. The standard InChI is InChI=1S/C17H29NO5/c1-2-3-4-5-11(19)6-7-12-13-8-15(14(13)9-16(12)20)18-23-10-17(21)22/h11-14,16,19-20H,2-10H2,1H3,(H,21,22)/b18-15-. The van der Waals surface area contributed by atoms with Crippen LogP contribution in [0, 0.1) is 17.8 Å². The lowest BCUT2D eigenvalue weighted by molar-refractivity contribution is -0.142. The molecule has 0 aromatic carbocycles. The largest absolute Gasteiger partial charge is 0.479 e. The molecule has 5 atom stereocenters. The first-order valence-electron chi connectivity index (χ1n) is 8.79. The molecular weight excluding hydrogens is 298 g/mol. The molecule has 2 saturated carbocycles. The number of nitrogens with zero attached hydrogens (tertiary/aromatic N) is 1. The molecule has 0 aliphatic heterocycles. The van der Waals surface area contributed by atoms with Gasteiger partial charge in [0.25, 0.3) is 0 Å². The highest BCUT2D eigenvalue weighted by molar-refractivity contribution is 5.93. The minimum absolute atomic E-state index is 0.222. The van der Waals surface area contributed by atoms with Gasteiger partial charge in [-0.1, -0.05) is 31.3 Å². The molecule has 0 bridgehead atoms. The molecular formula is C17H29NO5. The summed E-state index contributed by atoms with van der Waals surface area (Å²) in [6, 6.07) is 0. The lowest BCUT2D eigenvalue weighted by Gasteiger charge is -2.35. The molecule has 0 aromatic heterocycles.